The topological polar surface area (TPSA) is 92.6 Å². The van der Waals surface area contributed by atoms with E-state index in [1.807, 2.05) is 6.07 Å². The molecule has 2 aromatic carbocycles. The average molecular weight is 390 g/mol. The molecule has 1 N–H and O–H groups in total. The van der Waals surface area contributed by atoms with Crippen LogP contribution in [0.3, 0.4) is 0 Å². The van der Waals surface area contributed by atoms with Crippen LogP contribution in [0.4, 0.5) is 5.69 Å². The molecule has 2 amide bonds. The van der Waals surface area contributed by atoms with Gasteiger partial charge >= 0.3 is 0 Å². The Bertz CT molecular complexity index is 842. The summed E-state index contributed by atoms with van der Waals surface area (Å²) in [7, 11) is 1.59. The molecule has 0 radical (unpaired) electrons. The highest BCUT2D eigenvalue weighted by atomic mass is 35.5. The van der Waals surface area contributed by atoms with E-state index in [0.29, 0.717) is 16.1 Å². The molecule has 0 fully saturated rings. The number of carbonyl (C=O) groups is 2. The van der Waals surface area contributed by atoms with E-state index >= 15 is 0 Å². The lowest BCUT2D eigenvalue weighted by molar-refractivity contribution is -0.384. The maximum Gasteiger partial charge on any atom is 0.269 e. The van der Waals surface area contributed by atoms with Crippen LogP contribution in [0, 0.1) is 10.1 Å². The number of amides is 2. The largest absolute Gasteiger partial charge is 0.349 e. The van der Waals surface area contributed by atoms with Crippen LogP contribution in [0.5, 0.6) is 0 Å². The predicted octanol–water partition coefficient (Wildman–Crippen LogP) is 3.42. The zero-order valence-electron chi connectivity index (χ0n) is 15.0. The van der Waals surface area contributed by atoms with Crippen molar-refractivity contribution in [2.24, 2.45) is 0 Å². The first-order chi connectivity index (χ1) is 12.8. The van der Waals surface area contributed by atoms with Crippen LogP contribution in [0.15, 0.2) is 48.5 Å². The minimum atomic E-state index is -0.511. The molecule has 0 aromatic heterocycles. The summed E-state index contributed by atoms with van der Waals surface area (Å²) in [6.45, 7) is 1.88. The predicted molar refractivity (Wildman–Crippen MR) is 103 cm³/mol. The van der Waals surface area contributed by atoms with Crippen LogP contribution in [-0.2, 0) is 11.3 Å². The number of nitrogens with zero attached hydrogens (tertiary/aromatic N) is 2. The van der Waals surface area contributed by atoms with Crippen molar-refractivity contribution in [3.63, 3.8) is 0 Å². The molecule has 2 rings (SSSR count). The van der Waals surface area contributed by atoms with Gasteiger partial charge < -0.3 is 10.2 Å². The van der Waals surface area contributed by atoms with Crippen molar-refractivity contribution in [3.8, 4) is 0 Å². The zero-order valence-corrected chi connectivity index (χ0v) is 15.8. The van der Waals surface area contributed by atoms with Crippen molar-refractivity contribution >= 4 is 29.1 Å². The van der Waals surface area contributed by atoms with Crippen LogP contribution >= 0.6 is 11.6 Å². The van der Waals surface area contributed by atoms with Crippen LogP contribution < -0.4 is 5.32 Å². The van der Waals surface area contributed by atoms with Crippen molar-refractivity contribution in [1.29, 1.82) is 0 Å². The number of benzene rings is 2. The fraction of sp³-hybridized carbons (Fsp3) is 0.263. The Morgan fingerprint density at radius 1 is 1.22 bits per heavy atom. The maximum atomic E-state index is 12.4. The fourth-order valence-corrected chi connectivity index (χ4v) is 2.68. The van der Waals surface area contributed by atoms with Gasteiger partial charge in [0.2, 0.25) is 5.91 Å². The second-order valence-corrected chi connectivity index (χ2v) is 6.63. The molecule has 0 aliphatic carbocycles. The second kappa shape index (κ2) is 9.14. The Morgan fingerprint density at radius 3 is 2.52 bits per heavy atom. The molecular formula is C19H20ClN3O4. The van der Waals surface area contributed by atoms with Crippen LogP contribution in [0.1, 0.15) is 29.3 Å². The summed E-state index contributed by atoms with van der Waals surface area (Å²) in [5.74, 6) is -0.460. The van der Waals surface area contributed by atoms with E-state index in [4.69, 9.17) is 11.6 Å². The van der Waals surface area contributed by atoms with Crippen LogP contribution in [-0.4, -0.2) is 34.7 Å². The summed E-state index contributed by atoms with van der Waals surface area (Å²) in [6, 6.07) is 12.5. The van der Waals surface area contributed by atoms with E-state index in [9.17, 15) is 19.7 Å². The van der Waals surface area contributed by atoms with Gasteiger partial charge in [0.15, 0.2) is 0 Å². The van der Waals surface area contributed by atoms with Gasteiger partial charge in [0.25, 0.3) is 11.6 Å². The van der Waals surface area contributed by atoms with Gasteiger partial charge in [-0.3, -0.25) is 19.7 Å². The molecule has 0 aliphatic rings. The number of nitro groups is 1. The van der Waals surface area contributed by atoms with Gasteiger partial charge in [0.05, 0.1) is 4.92 Å². The number of rotatable bonds is 7. The molecule has 0 spiro atoms. The molecule has 2 aromatic rings. The lowest BCUT2D eigenvalue weighted by atomic mass is 10.1. The molecule has 1 atom stereocenters. The summed E-state index contributed by atoms with van der Waals surface area (Å²) in [5.41, 5.74) is 0.926. The first-order valence-corrected chi connectivity index (χ1v) is 8.68. The Kier molecular flexibility index (Phi) is 6.90. The standard InChI is InChI=1S/C19H20ClN3O4/c1-13(21-19(25)14-6-4-3-5-7-14)10-18(24)22(2)12-15-11-16(23(26)27)8-9-17(15)20/h3-9,11,13H,10,12H2,1-2H3,(H,21,25). The molecule has 27 heavy (non-hydrogen) atoms. The molecule has 0 saturated carbocycles. The quantitative estimate of drug-likeness (QED) is 0.580. The minimum Gasteiger partial charge on any atom is -0.349 e. The molecule has 0 bridgehead atoms. The van der Waals surface area contributed by atoms with E-state index < -0.39 is 4.92 Å². The number of nitro benzene ring substituents is 1. The first-order valence-electron chi connectivity index (χ1n) is 8.30. The van der Waals surface area contributed by atoms with Gasteiger partial charge in [-0.1, -0.05) is 29.8 Å². The lowest BCUT2D eigenvalue weighted by Gasteiger charge is -2.21. The lowest BCUT2D eigenvalue weighted by Crippen LogP contribution is -2.37. The van der Waals surface area contributed by atoms with E-state index in [1.54, 1.807) is 38.2 Å². The summed E-state index contributed by atoms with van der Waals surface area (Å²) in [4.78, 5) is 36.3. The Hall–Kier alpha value is -2.93. The third-order valence-corrected chi connectivity index (χ3v) is 4.34. The first kappa shape index (κ1) is 20.4. The van der Waals surface area contributed by atoms with Crippen molar-refractivity contribution in [3.05, 3.63) is 74.8 Å². The third-order valence-electron chi connectivity index (χ3n) is 3.97. The molecule has 1 unspecified atom stereocenters. The van der Waals surface area contributed by atoms with Gasteiger partial charge in [-0.05, 0) is 30.7 Å². The van der Waals surface area contributed by atoms with E-state index in [1.165, 1.54) is 23.1 Å². The second-order valence-electron chi connectivity index (χ2n) is 6.23. The van der Waals surface area contributed by atoms with E-state index in [-0.39, 0.29) is 36.5 Å². The van der Waals surface area contributed by atoms with Gasteiger partial charge in [-0.25, -0.2) is 0 Å². The smallest absolute Gasteiger partial charge is 0.269 e. The Balaban J connectivity index is 1.94. The summed E-state index contributed by atoms with van der Waals surface area (Å²) < 4.78 is 0. The molecule has 0 aliphatic heterocycles. The average Bonchev–Trinajstić information content (AvgIpc) is 2.63. The van der Waals surface area contributed by atoms with Gasteiger partial charge in [0.1, 0.15) is 0 Å². The van der Waals surface area contributed by atoms with Crippen molar-refractivity contribution in [2.45, 2.75) is 25.9 Å². The third kappa shape index (κ3) is 5.79. The van der Waals surface area contributed by atoms with Crippen LogP contribution in [0.2, 0.25) is 5.02 Å². The van der Waals surface area contributed by atoms with Crippen molar-refractivity contribution < 1.29 is 14.5 Å². The zero-order chi connectivity index (χ0) is 20.0. The Labute approximate surface area is 162 Å². The van der Waals surface area contributed by atoms with Crippen molar-refractivity contribution in [1.82, 2.24) is 10.2 Å². The Morgan fingerprint density at radius 2 is 1.89 bits per heavy atom. The van der Waals surface area contributed by atoms with Gasteiger partial charge in [-0.2, -0.15) is 0 Å². The highest BCUT2D eigenvalue weighted by molar-refractivity contribution is 6.31. The molecule has 142 valence electrons. The normalized spacial score (nSPS) is 11.5. The SMILES string of the molecule is CC(CC(=O)N(C)Cc1cc([N+](=O)[O-])ccc1Cl)NC(=O)c1ccccc1. The molecular weight excluding hydrogens is 370 g/mol. The molecule has 0 saturated heterocycles. The number of nitrogens with one attached hydrogen (secondary N) is 1. The minimum absolute atomic E-state index is 0.0845. The molecule has 8 heteroatoms. The highest BCUT2D eigenvalue weighted by Crippen LogP contribution is 2.23. The number of hydrogen-bond acceptors (Lipinski definition) is 4. The molecule has 7 nitrogen and oxygen atoms in total. The fourth-order valence-electron chi connectivity index (χ4n) is 2.51. The summed E-state index contributed by atoms with van der Waals surface area (Å²) in [6.07, 6.45) is 0.0988. The van der Waals surface area contributed by atoms with E-state index in [2.05, 4.69) is 5.32 Å². The number of non-ortho nitro benzene ring substituents is 1. The summed E-state index contributed by atoms with van der Waals surface area (Å²) >= 11 is 6.07. The number of halogens is 1. The number of hydrogen-bond donors (Lipinski definition) is 1. The van der Waals surface area contributed by atoms with E-state index in [0.717, 1.165) is 0 Å². The summed E-state index contributed by atoms with van der Waals surface area (Å²) in [5, 5.41) is 14.0. The monoisotopic (exact) mass is 389 g/mol. The molecule has 0 heterocycles. The van der Waals surface area contributed by atoms with Crippen LogP contribution in [0.25, 0.3) is 0 Å². The maximum absolute atomic E-state index is 12.4. The van der Waals surface area contributed by atoms with Gasteiger partial charge in [-0.15, -0.1) is 0 Å². The van der Waals surface area contributed by atoms with Gasteiger partial charge in [0, 0.05) is 48.8 Å². The van der Waals surface area contributed by atoms with Crippen molar-refractivity contribution in [2.75, 3.05) is 7.05 Å². The highest BCUT2D eigenvalue weighted by Gasteiger charge is 2.18. The number of carbonyl (C=O) groups excluding carboxylic acids is 2.